The Bertz CT molecular complexity index is 68.4. The summed E-state index contributed by atoms with van der Waals surface area (Å²) in [7, 11) is 0. The van der Waals surface area contributed by atoms with Crippen molar-refractivity contribution in [3.05, 3.63) is 0 Å². The van der Waals surface area contributed by atoms with Gasteiger partial charge in [-0.15, -0.1) is 0 Å². The van der Waals surface area contributed by atoms with E-state index in [1.165, 1.54) is 0 Å². The third-order valence-electron chi connectivity index (χ3n) is 0.818. The summed E-state index contributed by atoms with van der Waals surface area (Å²) in [5.41, 5.74) is 0. The fraction of sp³-hybridized carbons (Fsp3) is 1.00. The Morgan fingerprint density at radius 1 is 1.12 bits per heavy atom. The van der Waals surface area contributed by atoms with Gasteiger partial charge in [-0.05, 0) is 0 Å². The zero-order valence-electron chi connectivity index (χ0n) is 5.22. The minimum Gasteiger partial charge on any atom is 0 e. The van der Waals surface area contributed by atoms with E-state index < -0.39 is 19.0 Å². The number of rotatable bonds is 0. The van der Waals surface area contributed by atoms with E-state index in [2.05, 4.69) is 9.94 Å². The molecule has 2 nitrogen and oxygen atoms in total. The van der Waals surface area contributed by atoms with Crippen molar-refractivity contribution in [2.75, 3.05) is 13.2 Å². The molecule has 0 aromatic carbocycles. The van der Waals surface area contributed by atoms with Crippen LogP contribution >= 0.6 is 0 Å². The summed E-state index contributed by atoms with van der Waals surface area (Å²) in [6.45, 7) is 1.66. The third-order valence-corrected chi connectivity index (χ3v) is 5.01. The van der Waals surface area contributed by atoms with Gasteiger partial charge in [-0.1, -0.05) is 0 Å². The van der Waals surface area contributed by atoms with Gasteiger partial charge >= 0.3 is 48.4 Å². The maximum Gasteiger partial charge on any atom is 0 e. The van der Waals surface area contributed by atoms with Crippen LogP contribution in [0.2, 0.25) is 9.94 Å². The molecule has 8 heavy (non-hydrogen) atoms. The Balaban J connectivity index is 0.000000490. The van der Waals surface area contributed by atoms with Crippen molar-refractivity contribution in [2.24, 2.45) is 0 Å². The molecule has 4 heteroatoms. The largest absolute Gasteiger partial charge is 0 e. The fourth-order valence-corrected chi connectivity index (χ4v) is 3.38. The molecule has 1 heterocycles. The predicted molar refractivity (Wildman–Crippen MR) is 29.4 cm³/mol. The van der Waals surface area contributed by atoms with Crippen LogP contribution in [-0.2, 0) is 38.9 Å². The van der Waals surface area contributed by atoms with E-state index >= 15 is 0 Å². The van der Waals surface area contributed by atoms with Gasteiger partial charge in [0.25, 0.3) is 0 Å². The first kappa shape index (κ1) is 9.81. The summed E-state index contributed by atoms with van der Waals surface area (Å²) >= 11 is -1.99. The number of hydrogen-bond donors (Lipinski definition) is 0. The van der Waals surface area contributed by atoms with E-state index in [1.54, 1.807) is 0 Å². The molecule has 0 aromatic rings. The van der Waals surface area contributed by atoms with Crippen molar-refractivity contribution in [3.8, 4) is 0 Å². The first-order valence-corrected chi connectivity index (χ1v) is 8.79. The molecule has 0 unspecified atom stereocenters. The molecule has 1 saturated heterocycles. The SMILES string of the molecule is C[Te]1(C)OCCO1.[Y]. The molecule has 0 atom stereocenters. The molecule has 0 N–H and O–H groups in total. The van der Waals surface area contributed by atoms with Crippen LogP contribution in [-0.4, -0.2) is 32.2 Å². The van der Waals surface area contributed by atoms with Gasteiger partial charge in [0.1, 0.15) is 0 Å². The monoisotopic (exact) mass is 309 g/mol. The van der Waals surface area contributed by atoms with Crippen LogP contribution in [0.15, 0.2) is 0 Å². The van der Waals surface area contributed by atoms with E-state index in [4.69, 9.17) is 6.20 Å². The molecular formula is C4H10O2TeY. The molecule has 1 aliphatic heterocycles. The second-order valence-electron chi connectivity index (χ2n) is 1.79. The third kappa shape index (κ3) is 3.10. The zero-order chi connectivity index (χ0) is 5.33. The Hall–Kier alpha value is 1.81. The van der Waals surface area contributed by atoms with Crippen LogP contribution < -0.4 is 0 Å². The Morgan fingerprint density at radius 2 is 1.50 bits per heavy atom. The normalized spacial score (nSPS) is 28.8. The predicted octanol–water partition coefficient (Wildman–Crippen LogP) is 0.732. The summed E-state index contributed by atoms with van der Waals surface area (Å²) in [6, 6.07) is 0. The second kappa shape index (κ2) is 3.86. The summed E-state index contributed by atoms with van der Waals surface area (Å²) in [5.74, 6) is 0. The maximum absolute atomic E-state index is 5.31. The van der Waals surface area contributed by atoms with E-state index in [1.807, 2.05) is 0 Å². The summed E-state index contributed by atoms with van der Waals surface area (Å²) in [4.78, 5) is 4.21. The molecule has 0 saturated carbocycles. The molecule has 0 amide bonds. The van der Waals surface area contributed by atoms with E-state index in [0.29, 0.717) is 0 Å². The Kier molecular flexibility index (Phi) is 4.73. The maximum atomic E-state index is 5.31. The summed E-state index contributed by atoms with van der Waals surface area (Å²) in [5, 5.41) is 0. The molecule has 0 bridgehead atoms. The van der Waals surface area contributed by atoms with Crippen molar-refractivity contribution in [3.63, 3.8) is 0 Å². The quantitative estimate of drug-likeness (QED) is 0.615. The first-order chi connectivity index (χ1) is 3.21. The molecule has 0 aromatic heterocycles. The van der Waals surface area contributed by atoms with Gasteiger partial charge in [-0.25, -0.2) is 0 Å². The summed E-state index contributed by atoms with van der Waals surface area (Å²) in [6.07, 6.45) is 0. The molecule has 1 fully saturated rings. The fourth-order valence-electron chi connectivity index (χ4n) is 0.503. The molecule has 0 spiro atoms. The van der Waals surface area contributed by atoms with Gasteiger partial charge in [0, 0.05) is 32.7 Å². The minimum absolute atomic E-state index is 0. The van der Waals surface area contributed by atoms with E-state index in [9.17, 15) is 0 Å². The van der Waals surface area contributed by atoms with E-state index in [-0.39, 0.29) is 32.7 Å². The van der Waals surface area contributed by atoms with Gasteiger partial charge in [-0.2, -0.15) is 0 Å². The van der Waals surface area contributed by atoms with Crippen LogP contribution in [0.3, 0.4) is 0 Å². The Labute approximate surface area is 80.1 Å². The van der Waals surface area contributed by atoms with Gasteiger partial charge in [-0.3, -0.25) is 0 Å². The van der Waals surface area contributed by atoms with Crippen LogP contribution in [0.1, 0.15) is 0 Å². The molecule has 1 rings (SSSR count). The van der Waals surface area contributed by atoms with Crippen LogP contribution in [0.25, 0.3) is 0 Å². The molecule has 0 aliphatic carbocycles. The average molecular weight is 307 g/mol. The molecular weight excluding hydrogens is 297 g/mol. The molecule has 1 aliphatic rings. The molecule has 1 radical (unpaired) electrons. The van der Waals surface area contributed by atoms with Gasteiger partial charge in [0.15, 0.2) is 0 Å². The average Bonchev–Trinajstić information content (AvgIpc) is 1.84. The van der Waals surface area contributed by atoms with Gasteiger partial charge in [0.05, 0.1) is 0 Å². The first-order valence-electron chi connectivity index (χ1n) is 2.23. The van der Waals surface area contributed by atoms with Crippen molar-refractivity contribution in [1.29, 1.82) is 0 Å². The standard InChI is InChI=1S/C4H10O2Te.Y/c1-7(2)5-3-4-6-7;/h3-4H2,1-2H3;. The van der Waals surface area contributed by atoms with Crippen LogP contribution in [0, 0.1) is 0 Å². The molecule has 47 valence electrons. The zero-order valence-corrected chi connectivity index (χ0v) is 10.4. The second-order valence-corrected chi connectivity index (χ2v) is 9.66. The van der Waals surface area contributed by atoms with Crippen molar-refractivity contribution < 1.29 is 38.9 Å². The topological polar surface area (TPSA) is 18.5 Å². The van der Waals surface area contributed by atoms with Crippen LogP contribution in [0.5, 0.6) is 0 Å². The van der Waals surface area contributed by atoms with Crippen molar-refractivity contribution in [1.82, 2.24) is 0 Å². The van der Waals surface area contributed by atoms with Crippen molar-refractivity contribution in [2.45, 2.75) is 9.94 Å². The summed E-state index contributed by atoms with van der Waals surface area (Å²) < 4.78 is 10.6. The van der Waals surface area contributed by atoms with E-state index in [0.717, 1.165) is 13.2 Å². The number of hydrogen-bond acceptors (Lipinski definition) is 2. The smallest absolute Gasteiger partial charge is 0 e. The van der Waals surface area contributed by atoms with Gasteiger partial charge < -0.3 is 0 Å². The Morgan fingerprint density at radius 3 is 1.62 bits per heavy atom. The van der Waals surface area contributed by atoms with Crippen LogP contribution in [0.4, 0.5) is 0 Å². The van der Waals surface area contributed by atoms with Gasteiger partial charge in [0.2, 0.25) is 0 Å². The van der Waals surface area contributed by atoms with Crippen molar-refractivity contribution >= 4 is 19.0 Å². The minimum atomic E-state index is -1.99.